The van der Waals surface area contributed by atoms with Crippen LogP contribution in [-0.4, -0.2) is 111 Å². The molecule has 0 fully saturated rings. The van der Waals surface area contributed by atoms with Gasteiger partial charge >= 0.3 is 73.7 Å². The molecule has 164 valence electrons. The van der Waals surface area contributed by atoms with Crippen molar-refractivity contribution in [1.29, 1.82) is 0 Å². The normalized spacial score (nSPS) is 9.17. The quantitative estimate of drug-likeness (QED) is 0.0986. The fourth-order valence-electron chi connectivity index (χ4n) is 1.61. The number of carbonyl (C=O) groups is 2. The Labute approximate surface area is 225 Å². The Balaban J connectivity index is -0.000000303. The molecule has 29 heavy (non-hydrogen) atoms. The van der Waals surface area contributed by atoms with E-state index in [4.69, 9.17) is 27.0 Å². The zero-order valence-electron chi connectivity index (χ0n) is 15.5. The molecule has 0 saturated heterocycles. The van der Waals surface area contributed by atoms with E-state index in [0.717, 1.165) is 25.7 Å². The predicted molar refractivity (Wildman–Crippen MR) is 116 cm³/mol. The summed E-state index contributed by atoms with van der Waals surface area (Å²) >= 11 is 0. The second kappa shape index (κ2) is 22.8. The summed E-state index contributed by atoms with van der Waals surface area (Å²) in [6.07, 6.45) is 3.53. The molecule has 13 heteroatoms. The van der Waals surface area contributed by atoms with Crippen molar-refractivity contribution in [3.63, 3.8) is 0 Å². The van der Waals surface area contributed by atoms with Crippen LogP contribution in [0.25, 0.3) is 0 Å². The average Bonchev–Trinajstić information content (AvgIpc) is 2.62. The molecule has 0 atom stereocenters. The van der Waals surface area contributed by atoms with Gasteiger partial charge in [-0.15, -0.1) is 0 Å². The van der Waals surface area contributed by atoms with E-state index in [2.05, 4.69) is 11.7 Å². The van der Waals surface area contributed by atoms with Gasteiger partial charge in [0.1, 0.15) is 0 Å². The van der Waals surface area contributed by atoms with Crippen molar-refractivity contribution in [2.75, 3.05) is 13.2 Å². The number of unbranched alkanes of at least 4 members (excludes halogenated alkanes) is 2. The van der Waals surface area contributed by atoms with Gasteiger partial charge in [0, 0.05) is 0 Å². The van der Waals surface area contributed by atoms with E-state index in [-0.39, 0.29) is 79.9 Å². The van der Waals surface area contributed by atoms with Gasteiger partial charge in [-0.25, -0.2) is 9.59 Å². The third-order valence-corrected chi connectivity index (χ3v) is 2.83. The van der Waals surface area contributed by atoms with Gasteiger partial charge in [-0.3, -0.25) is 20.8 Å². The third kappa shape index (κ3) is 22.6. The van der Waals surface area contributed by atoms with Crippen LogP contribution < -0.4 is 11.7 Å². The number of carbonyl (C=O) groups excluding carboxylic acids is 2. The topological polar surface area (TPSA) is 179 Å². The fourth-order valence-corrected chi connectivity index (χ4v) is 1.61. The maximum atomic E-state index is 11.9. The Kier molecular flexibility index (Phi) is 28.7. The second-order valence-corrected chi connectivity index (χ2v) is 5.87. The second-order valence-electron chi connectivity index (χ2n) is 4.97. The summed E-state index contributed by atoms with van der Waals surface area (Å²) in [4.78, 5) is 23.9. The summed E-state index contributed by atoms with van der Waals surface area (Å²) in [6.45, 7) is 4.78. The van der Waals surface area contributed by atoms with Gasteiger partial charge in [0.25, 0.3) is 0 Å². The molecule has 1 aromatic carbocycles. The molecule has 0 unspecified atom stereocenters. The molecule has 0 amide bonds. The number of rotatable bonds is 8. The van der Waals surface area contributed by atoms with E-state index in [1.54, 1.807) is 24.3 Å². The maximum absolute atomic E-state index is 11.9. The molecule has 0 aliphatic heterocycles. The first kappa shape index (κ1) is 36.5. The minimum atomic E-state index is -4.67. The van der Waals surface area contributed by atoms with Crippen LogP contribution in [0.1, 0.15) is 60.2 Å². The number of benzene rings is 1. The van der Waals surface area contributed by atoms with E-state index in [1.165, 1.54) is 0 Å². The first-order valence-electron chi connectivity index (χ1n) is 8.17. The molecule has 0 radical (unpaired) electrons. The van der Waals surface area contributed by atoms with Crippen molar-refractivity contribution in [2.45, 2.75) is 39.5 Å². The van der Waals surface area contributed by atoms with Crippen LogP contribution in [0.5, 0.6) is 0 Å². The Morgan fingerprint density at radius 2 is 1.17 bits per heavy atom. The van der Waals surface area contributed by atoms with E-state index in [9.17, 15) is 9.59 Å². The van der Waals surface area contributed by atoms with Gasteiger partial charge in [-0.05, 0) is 25.0 Å². The van der Waals surface area contributed by atoms with Crippen LogP contribution in [0.15, 0.2) is 24.3 Å². The van der Waals surface area contributed by atoms with E-state index in [1.807, 2.05) is 13.8 Å². The van der Waals surface area contributed by atoms with Crippen molar-refractivity contribution >= 4 is 91.1 Å². The molecule has 0 aliphatic carbocycles. The van der Waals surface area contributed by atoms with E-state index in [0.29, 0.717) is 13.2 Å². The number of esters is 2. The summed E-state index contributed by atoms with van der Waals surface area (Å²) in [6, 6.07) is 6.59. The summed E-state index contributed by atoms with van der Waals surface area (Å²) < 4.78 is 41.9. The first-order chi connectivity index (χ1) is 12.7. The van der Waals surface area contributed by atoms with Crippen molar-refractivity contribution in [3.8, 4) is 0 Å². The number of hydrazine groups is 1. The zero-order valence-corrected chi connectivity index (χ0v) is 16.3. The van der Waals surface area contributed by atoms with Gasteiger partial charge in [0.15, 0.2) is 17.4 Å². The van der Waals surface area contributed by atoms with Crippen LogP contribution >= 0.6 is 0 Å². The third-order valence-electron chi connectivity index (χ3n) is 2.83. The Bertz CT molecular complexity index is 613. The summed E-state index contributed by atoms with van der Waals surface area (Å²) in [5.74, 6) is 7.06. The Hall–Kier alpha value is 0.119. The van der Waals surface area contributed by atoms with Crippen molar-refractivity contribution in [2.24, 2.45) is 11.7 Å². The average molecular weight is 479 g/mol. The predicted octanol–water partition coefficient (Wildman–Crippen LogP) is -0.0660. The molecule has 1 aromatic rings. The summed E-state index contributed by atoms with van der Waals surface area (Å²) in [5, 5.41) is 0. The summed E-state index contributed by atoms with van der Waals surface area (Å²) in [5.41, 5.74) is 0.537. The Morgan fingerprint density at radius 1 is 0.897 bits per heavy atom. The SMILES string of the molecule is CCCCOC(=O)c1ccccc1C(=O)OCCCC.NN.O=S(=O)(O)O.[AlH3].[KH]. The zero-order chi connectivity index (χ0) is 21.3. The molecule has 0 heterocycles. The number of hydrogen-bond donors (Lipinski definition) is 4. The van der Waals surface area contributed by atoms with Gasteiger partial charge in [-0.1, -0.05) is 38.8 Å². The fraction of sp³-hybridized carbons (Fsp3) is 0.500. The number of ether oxygens (including phenoxy) is 2. The van der Waals surface area contributed by atoms with Crippen molar-refractivity contribution in [1.82, 2.24) is 0 Å². The van der Waals surface area contributed by atoms with E-state index < -0.39 is 22.3 Å². The molecule has 0 saturated carbocycles. The van der Waals surface area contributed by atoms with Gasteiger partial charge in [0.05, 0.1) is 24.3 Å². The van der Waals surface area contributed by atoms with Crippen LogP contribution in [-0.2, 0) is 19.9 Å². The number of hydrogen-bond acceptors (Lipinski definition) is 8. The van der Waals surface area contributed by atoms with E-state index >= 15 is 0 Å². The summed E-state index contributed by atoms with van der Waals surface area (Å²) in [7, 11) is -4.67. The molecule has 1 rings (SSSR count). The van der Waals surface area contributed by atoms with Crippen molar-refractivity contribution in [3.05, 3.63) is 35.4 Å². The molecular weight excluding hydrogens is 446 g/mol. The van der Waals surface area contributed by atoms with Crippen LogP contribution in [0.3, 0.4) is 0 Å². The molecule has 0 spiro atoms. The van der Waals surface area contributed by atoms with Gasteiger partial charge in [0.2, 0.25) is 0 Å². The molecule has 0 aliphatic rings. The van der Waals surface area contributed by atoms with Crippen molar-refractivity contribution < 1.29 is 36.6 Å². The molecule has 6 N–H and O–H groups in total. The van der Waals surface area contributed by atoms with Gasteiger partial charge < -0.3 is 9.47 Å². The van der Waals surface area contributed by atoms with Crippen LogP contribution in [0, 0.1) is 0 Å². The minimum absolute atomic E-state index is 0. The molecule has 10 nitrogen and oxygen atoms in total. The molecular formula is C16H32AlKN2O8S. The first-order valence-corrected chi connectivity index (χ1v) is 9.56. The van der Waals surface area contributed by atoms with Gasteiger partial charge in [-0.2, -0.15) is 8.42 Å². The Morgan fingerprint density at radius 3 is 1.41 bits per heavy atom. The monoisotopic (exact) mass is 478 g/mol. The number of nitrogens with two attached hydrogens (primary N) is 2. The van der Waals surface area contributed by atoms with Crippen LogP contribution in [0.4, 0.5) is 0 Å². The standard InChI is InChI=1S/C16H22O4.Al.K.H4N2.H2O4S.4H/c1-3-5-11-19-15(17)13-9-7-8-10-14(13)16(18)20-12-6-4-2;;;1-2;1-5(2,3)4;;;;/h7-10H,3-6,11-12H2,1-2H3;;;1-2H2;(H2,1,2,3,4);;;;. The molecule has 0 bridgehead atoms. The molecule has 0 aromatic heterocycles. The van der Waals surface area contributed by atoms with Crippen LogP contribution in [0.2, 0.25) is 0 Å².